The standard InChI is InChI=1S/C12H20N2O3/c1-9(2)17-8-11(15)7-13-10-4-5-12(16-3)14-6-10/h4-6,9,11,13,15H,7-8H2,1-3H3. The summed E-state index contributed by atoms with van der Waals surface area (Å²) < 4.78 is 10.3. The van der Waals surface area contributed by atoms with Gasteiger partial charge in [-0.1, -0.05) is 0 Å². The van der Waals surface area contributed by atoms with Crippen molar-refractivity contribution in [2.45, 2.75) is 26.1 Å². The fraction of sp³-hybridized carbons (Fsp3) is 0.583. The number of aliphatic hydroxyl groups is 1. The minimum absolute atomic E-state index is 0.132. The number of anilines is 1. The molecule has 0 aromatic carbocycles. The van der Waals surface area contributed by atoms with Crippen molar-refractivity contribution in [2.75, 3.05) is 25.6 Å². The quantitative estimate of drug-likeness (QED) is 0.752. The third-order valence-corrected chi connectivity index (χ3v) is 2.11. The first-order valence-corrected chi connectivity index (χ1v) is 5.65. The minimum Gasteiger partial charge on any atom is -0.481 e. The minimum atomic E-state index is -0.528. The molecule has 2 N–H and O–H groups in total. The van der Waals surface area contributed by atoms with Gasteiger partial charge in [0, 0.05) is 12.6 Å². The van der Waals surface area contributed by atoms with Crippen LogP contribution in [0.15, 0.2) is 18.3 Å². The molecule has 0 bridgehead atoms. The van der Waals surface area contributed by atoms with Crippen LogP contribution in [0.2, 0.25) is 0 Å². The summed E-state index contributed by atoms with van der Waals surface area (Å²) in [5, 5.41) is 12.7. The fourth-order valence-electron chi connectivity index (χ4n) is 1.20. The Hall–Kier alpha value is -1.33. The van der Waals surface area contributed by atoms with Crippen LogP contribution in [0.5, 0.6) is 5.88 Å². The zero-order chi connectivity index (χ0) is 12.7. The maximum absolute atomic E-state index is 9.63. The number of aromatic nitrogens is 1. The van der Waals surface area contributed by atoms with Gasteiger partial charge in [0.1, 0.15) is 0 Å². The van der Waals surface area contributed by atoms with E-state index >= 15 is 0 Å². The largest absolute Gasteiger partial charge is 0.481 e. The normalized spacial score (nSPS) is 12.5. The maximum atomic E-state index is 9.63. The number of hydrogen-bond acceptors (Lipinski definition) is 5. The molecule has 1 rings (SSSR count). The van der Waals surface area contributed by atoms with E-state index in [-0.39, 0.29) is 6.10 Å². The summed E-state index contributed by atoms with van der Waals surface area (Å²) in [6, 6.07) is 3.61. The van der Waals surface area contributed by atoms with Crippen molar-refractivity contribution in [2.24, 2.45) is 0 Å². The molecule has 0 fully saturated rings. The highest BCUT2D eigenvalue weighted by Gasteiger charge is 2.05. The average molecular weight is 240 g/mol. The molecule has 1 unspecified atom stereocenters. The third kappa shape index (κ3) is 5.51. The van der Waals surface area contributed by atoms with Gasteiger partial charge < -0.3 is 19.9 Å². The van der Waals surface area contributed by atoms with Gasteiger partial charge in [-0.25, -0.2) is 4.98 Å². The van der Waals surface area contributed by atoms with Crippen molar-refractivity contribution in [1.82, 2.24) is 4.98 Å². The van der Waals surface area contributed by atoms with Crippen LogP contribution in [0.4, 0.5) is 5.69 Å². The van der Waals surface area contributed by atoms with Crippen LogP contribution < -0.4 is 10.1 Å². The Bertz CT molecular complexity index is 314. The number of nitrogens with one attached hydrogen (secondary N) is 1. The van der Waals surface area contributed by atoms with Gasteiger partial charge >= 0.3 is 0 Å². The van der Waals surface area contributed by atoms with E-state index in [9.17, 15) is 5.11 Å². The van der Waals surface area contributed by atoms with E-state index < -0.39 is 6.10 Å². The summed E-state index contributed by atoms with van der Waals surface area (Å²) >= 11 is 0. The van der Waals surface area contributed by atoms with Crippen LogP contribution in [0.1, 0.15) is 13.8 Å². The molecular weight excluding hydrogens is 220 g/mol. The van der Waals surface area contributed by atoms with Gasteiger partial charge in [0.15, 0.2) is 0 Å². The lowest BCUT2D eigenvalue weighted by atomic mass is 10.3. The van der Waals surface area contributed by atoms with Crippen molar-refractivity contribution in [3.8, 4) is 5.88 Å². The van der Waals surface area contributed by atoms with E-state index in [1.54, 1.807) is 19.4 Å². The molecule has 0 saturated heterocycles. The lowest BCUT2D eigenvalue weighted by Crippen LogP contribution is -2.26. The molecule has 0 radical (unpaired) electrons. The number of rotatable bonds is 7. The van der Waals surface area contributed by atoms with Gasteiger partial charge in [-0.15, -0.1) is 0 Å². The van der Waals surface area contributed by atoms with Crippen molar-refractivity contribution in [3.63, 3.8) is 0 Å². The monoisotopic (exact) mass is 240 g/mol. The Morgan fingerprint density at radius 1 is 1.41 bits per heavy atom. The molecule has 96 valence electrons. The first-order valence-electron chi connectivity index (χ1n) is 5.65. The van der Waals surface area contributed by atoms with E-state index in [1.165, 1.54) is 0 Å². The van der Waals surface area contributed by atoms with E-state index in [1.807, 2.05) is 19.9 Å². The fourth-order valence-corrected chi connectivity index (χ4v) is 1.20. The molecule has 0 saturated carbocycles. The molecule has 5 nitrogen and oxygen atoms in total. The first-order chi connectivity index (χ1) is 8.11. The summed E-state index contributed by atoms with van der Waals surface area (Å²) in [6.07, 6.45) is 1.27. The number of aliphatic hydroxyl groups excluding tert-OH is 1. The van der Waals surface area contributed by atoms with E-state index in [0.717, 1.165) is 5.69 Å². The van der Waals surface area contributed by atoms with Crippen molar-refractivity contribution in [3.05, 3.63) is 18.3 Å². The average Bonchev–Trinajstić information content (AvgIpc) is 2.34. The lowest BCUT2D eigenvalue weighted by Gasteiger charge is -2.14. The van der Waals surface area contributed by atoms with Gasteiger partial charge in [-0.2, -0.15) is 0 Å². The molecule has 1 aromatic heterocycles. The summed E-state index contributed by atoms with van der Waals surface area (Å²) in [6.45, 7) is 4.63. The second kappa shape index (κ2) is 7.09. The zero-order valence-electron chi connectivity index (χ0n) is 10.5. The topological polar surface area (TPSA) is 63.6 Å². The van der Waals surface area contributed by atoms with E-state index in [2.05, 4.69) is 10.3 Å². The number of nitrogens with zero attached hydrogens (tertiary/aromatic N) is 1. The van der Waals surface area contributed by atoms with Gasteiger partial charge in [0.05, 0.1) is 37.8 Å². The van der Waals surface area contributed by atoms with Crippen molar-refractivity contribution in [1.29, 1.82) is 0 Å². The molecular formula is C12H20N2O3. The Kier molecular flexibility index (Phi) is 5.72. The van der Waals surface area contributed by atoms with Crippen LogP contribution >= 0.6 is 0 Å². The highest BCUT2D eigenvalue weighted by atomic mass is 16.5. The molecule has 1 atom stereocenters. The van der Waals surface area contributed by atoms with Gasteiger partial charge in [-0.3, -0.25) is 0 Å². The van der Waals surface area contributed by atoms with Crippen LogP contribution in [0, 0.1) is 0 Å². The second-order valence-electron chi connectivity index (χ2n) is 4.01. The predicted molar refractivity (Wildman–Crippen MR) is 66.4 cm³/mol. The van der Waals surface area contributed by atoms with Gasteiger partial charge in [0.25, 0.3) is 0 Å². The SMILES string of the molecule is COc1ccc(NCC(O)COC(C)C)cn1. The Labute approximate surface area is 102 Å². The van der Waals surface area contributed by atoms with E-state index in [0.29, 0.717) is 19.0 Å². The van der Waals surface area contributed by atoms with Crippen LogP contribution in [-0.4, -0.2) is 42.6 Å². The predicted octanol–water partition coefficient (Wildman–Crippen LogP) is 1.29. The number of pyridine rings is 1. The number of methoxy groups -OCH3 is 1. The number of hydrogen-bond donors (Lipinski definition) is 2. The smallest absolute Gasteiger partial charge is 0.213 e. The zero-order valence-corrected chi connectivity index (χ0v) is 10.5. The number of ether oxygens (including phenoxy) is 2. The molecule has 0 aliphatic rings. The summed E-state index contributed by atoms with van der Waals surface area (Å²) in [4.78, 5) is 4.05. The second-order valence-corrected chi connectivity index (χ2v) is 4.01. The van der Waals surface area contributed by atoms with Crippen LogP contribution in [-0.2, 0) is 4.74 Å². The highest BCUT2D eigenvalue weighted by Crippen LogP contribution is 2.10. The van der Waals surface area contributed by atoms with Crippen molar-refractivity contribution < 1.29 is 14.6 Å². The molecule has 0 amide bonds. The third-order valence-electron chi connectivity index (χ3n) is 2.11. The highest BCUT2D eigenvalue weighted by molar-refractivity contribution is 5.42. The van der Waals surface area contributed by atoms with Gasteiger partial charge in [-0.05, 0) is 19.9 Å². The molecule has 5 heteroatoms. The molecule has 1 heterocycles. The molecule has 0 aliphatic heterocycles. The van der Waals surface area contributed by atoms with Crippen LogP contribution in [0.25, 0.3) is 0 Å². The Balaban J connectivity index is 2.29. The Morgan fingerprint density at radius 2 is 2.18 bits per heavy atom. The molecule has 17 heavy (non-hydrogen) atoms. The van der Waals surface area contributed by atoms with Gasteiger partial charge in [0.2, 0.25) is 5.88 Å². The lowest BCUT2D eigenvalue weighted by molar-refractivity contribution is 0.0112. The molecule has 0 spiro atoms. The molecule has 1 aromatic rings. The van der Waals surface area contributed by atoms with Crippen molar-refractivity contribution >= 4 is 5.69 Å². The summed E-state index contributed by atoms with van der Waals surface area (Å²) in [5.41, 5.74) is 0.842. The summed E-state index contributed by atoms with van der Waals surface area (Å²) in [5.74, 6) is 0.569. The van der Waals surface area contributed by atoms with E-state index in [4.69, 9.17) is 9.47 Å². The molecule has 0 aliphatic carbocycles. The summed E-state index contributed by atoms with van der Waals surface area (Å²) in [7, 11) is 1.57. The Morgan fingerprint density at radius 3 is 2.71 bits per heavy atom. The maximum Gasteiger partial charge on any atom is 0.213 e. The first kappa shape index (κ1) is 13.7. The van der Waals surface area contributed by atoms with Crippen LogP contribution in [0.3, 0.4) is 0 Å².